The third-order valence-corrected chi connectivity index (χ3v) is 4.43. The minimum Gasteiger partial charge on any atom is -0.444 e. The van der Waals surface area contributed by atoms with E-state index in [4.69, 9.17) is 4.42 Å². The average Bonchev–Trinajstić information content (AvgIpc) is 3.10. The number of halogens is 1. The molecule has 27 heavy (non-hydrogen) atoms. The zero-order valence-corrected chi connectivity index (χ0v) is 16.1. The van der Waals surface area contributed by atoms with Crippen LogP contribution in [-0.2, 0) is 9.59 Å². The zero-order chi connectivity index (χ0) is 19.4. The Morgan fingerprint density at radius 1 is 1.30 bits per heavy atom. The van der Waals surface area contributed by atoms with Crippen LogP contribution in [0.3, 0.4) is 0 Å². The summed E-state index contributed by atoms with van der Waals surface area (Å²) < 4.78 is 5.71. The van der Waals surface area contributed by atoms with E-state index in [1.165, 1.54) is 4.90 Å². The summed E-state index contributed by atoms with van der Waals surface area (Å²) in [4.78, 5) is 45.7. The number of fused-ring (bicyclic) bond motifs is 1. The van der Waals surface area contributed by atoms with Gasteiger partial charge in [-0.3, -0.25) is 14.4 Å². The van der Waals surface area contributed by atoms with Crippen LogP contribution in [0.25, 0.3) is 0 Å². The molecule has 8 nitrogen and oxygen atoms in total. The van der Waals surface area contributed by atoms with Gasteiger partial charge >= 0.3 is 0 Å². The van der Waals surface area contributed by atoms with E-state index in [0.29, 0.717) is 29.9 Å². The largest absolute Gasteiger partial charge is 0.444 e. The number of nitrogens with zero attached hydrogens (tertiary/aromatic N) is 3. The van der Waals surface area contributed by atoms with E-state index in [9.17, 15) is 14.4 Å². The van der Waals surface area contributed by atoms with E-state index in [2.05, 4.69) is 31.2 Å². The second-order valence-electron chi connectivity index (χ2n) is 5.97. The molecule has 0 spiro atoms. The number of allylic oxidation sites excluding steroid dienone is 3. The van der Waals surface area contributed by atoms with Gasteiger partial charge in [-0.2, -0.15) is 4.99 Å². The summed E-state index contributed by atoms with van der Waals surface area (Å²) >= 11 is 3.15. The van der Waals surface area contributed by atoms with Gasteiger partial charge in [0.2, 0.25) is 5.84 Å². The Kier molecular flexibility index (Phi) is 5.80. The van der Waals surface area contributed by atoms with Crippen LogP contribution in [0.5, 0.6) is 0 Å². The summed E-state index contributed by atoms with van der Waals surface area (Å²) in [5.41, 5.74) is 0.512. The maximum Gasteiger partial charge on any atom is 0.289 e. The molecular formula is C18H17BrN4O4. The molecule has 1 unspecified atom stereocenters. The Labute approximate surface area is 163 Å². The molecule has 1 aromatic rings. The molecule has 140 valence electrons. The average molecular weight is 433 g/mol. The van der Waals surface area contributed by atoms with Crippen LogP contribution >= 0.6 is 15.9 Å². The predicted molar refractivity (Wildman–Crippen MR) is 103 cm³/mol. The monoisotopic (exact) mass is 432 g/mol. The van der Waals surface area contributed by atoms with Crippen molar-refractivity contribution in [2.24, 2.45) is 15.9 Å². The minimum atomic E-state index is -0.513. The Bertz CT molecular complexity index is 897. The van der Waals surface area contributed by atoms with Crippen LogP contribution in [0.2, 0.25) is 0 Å². The summed E-state index contributed by atoms with van der Waals surface area (Å²) in [5.74, 6) is -1.57. The SMILES string of the molecule is CN(CCCNC(=O)C1=NC(=O)C2C=CC=CC2=N1)C(=O)c1ccc(Br)o1. The molecule has 9 heteroatoms. The zero-order valence-electron chi connectivity index (χ0n) is 14.5. The first-order chi connectivity index (χ1) is 13.0. The van der Waals surface area contributed by atoms with Crippen molar-refractivity contribution in [1.82, 2.24) is 10.2 Å². The topological polar surface area (TPSA) is 104 Å². The van der Waals surface area contributed by atoms with Gasteiger partial charge < -0.3 is 14.6 Å². The Morgan fingerprint density at radius 3 is 2.85 bits per heavy atom. The Hall–Kier alpha value is -2.81. The van der Waals surface area contributed by atoms with E-state index in [-0.39, 0.29) is 17.5 Å². The van der Waals surface area contributed by atoms with Crippen molar-refractivity contribution >= 4 is 45.2 Å². The lowest BCUT2D eigenvalue weighted by atomic mass is 9.96. The molecule has 0 radical (unpaired) electrons. The molecule has 1 atom stereocenters. The normalized spacial score (nSPS) is 17.9. The minimum absolute atomic E-state index is 0.143. The number of carbonyl (C=O) groups excluding carboxylic acids is 3. The fourth-order valence-electron chi connectivity index (χ4n) is 2.59. The summed E-state index contributed by atoms with van der Waals surface area (Å²) in [6, 6.07) is 3.24. The van der Waals surface area contributed by atoms with E-state index in [1.54, 1.807) is 43.5 Å². The van der Waals surface area contributed by atoms with E-state index in [0.717, 1.165) is 0 Å². The van der Waals surface area contributed by atoms with E-state index >= 15 is 0 Å². The molecule has 2 heterocycles. The van der Waals surface area contributed by atoms with Crippen LogP contribution < -0.4 is 5.32 Å². The van der Waals surface area contributed by atoms with Crippen molar-refractivity contribution in [1.29, 1.82) is 0 Å². The van der Waals surface area contributed by atoms with Gasteiger partial charge in [-0.25, -0.2) is 4.99 Å². The summed E-state index contributed by atoms with van der Waals surface area (Å²) in [6.45, 7) is 0.739. The van der Waals surface area contributed by atoms with Crippen LogP contribution in [0, 0.1) is 5.92 Å². The molecule has 0 aromatic carbocycles. The number of aliphatic imine (C=N–C) groups is 2. The van der Waals surface area contributed by atoms with Crippen molar-refractivity contribution in [3.63, 3.8) is 0 Å². The number of amidine groups is 1. The van der Waals surface area contributed by atoms with Gasteiger partial charge in [0.1, 0.15) is 5.92 Å². The van der Waals surface area contributed by atoms with Gasteiger partial charge in [0.15, 0.2) is 10.4 Å². The molecule has 3 amide bonds. The summed E-state index contributed by atoms with van der Waals surface area (Å²) in [6.07, 6.45) is 7.43. The first-order valence-electron chi connectivity index (χ1n) is 8.30. The van der Waals surface area contributed by atoms with Crippen LogP contribution in [0.1, 0.15) is 17.0 Å². The smallest absolute Gasteiger partial charge is 0.289 e. The van der Waals surface area contributed by atoms with Gasteiger partial charge in [0.25, 0.3) is 17.7 Å². The molecule has 1 N–H and O–H groups in total. The van der Waals surface area contributed by atoms with Crippen molar-refractivity contribution in [2.75, 3.05) is 20.1 Å². The highest BCUT2D eigenvalue weighted by Gasteiger charge is 2.28. The molecule has 3 rings (SSSR count). The second-order valence-corrected chi connectivity index (χ2v) is 6.75. The number of nitrogens with one attached hydrogen (secondary N) is 1. The predicted octanol–water partition coefficient (Wildman–Crippen LogP) is 1.74. The van der Waals surface area contributed by atoms with Crippen LogP contribution in [0.15, 0.2) is 55.5 Å². The molecule has 1 aliphatic carbocycles. The highest BCUT2D eigenvalue weighted by Crippen LogP contribution is 2.16. The lowest BCUT2D eigenvalue weighted by molar-refractivity contribution is -0.119. The Balaban J connectivity index is 1.47. The van der Waals surface area contributed by atoms with E-state index in [1.807, 2.05) is 0 Å². The number of carbonyl (C=O) groups is 3. The lowest BCUT2D eigenvalue weighted by Gasteiger charge is -2.18. The molecule has 0 bridgehead atoms. The van der Waals surface area contributed by atoms with Gasteiger partial charge in [-0.05, 0) is 40.6 Å². The highest BCUT2D eigenvalue weighted by atomic mass is 79.9. The third-order valence-electron chi connectivity index (χ3n) is 4.01. The fourth-order valence-corrected chi connectivity index (χ4v) is 2.89. The van der Waals surface area contributed by atoms with Crippen molar-refractivity contribution in [2.45, 2.75) is 6.42 Å². The molecule has 1 aromatic heterocycles. The molecule has 0 saturated heterocycles. The fraction of sp³-hybridized carbons (Fsp3) is 0.278. The maximum atomic E-state index is 12.2. The van der Waals surface area contributed by atoms with Gasteiger partial charge in [0, 0.05) is 20.1 Å². The molecule has 2 aliphatic rings. The van der Waals surface area contributed by atoms with Gasteiger partial charge in [-0.1, -0.05) is 18.2 Å². The van der Waals surface area contributed by atoms with E-state index < -0.39 is 17.7 Å². The molecule has 0 saturated carbocycles. The number of furan rings is 1. The first-order valence-corrected chi connectivity index (χ1v) is 9.10. The summed E-state index contributed by atoms with van der Waals surface area (Å²) in [5, 5.41) is 2.67. The molecule has 0 fully saturated rings. The van der Waals surface area contributed by atoms with Crippen molar-refractivity contribution in [3.05, 3.63) is 46.9 Å². The first kappa shape index (κ1) is 19.0. The molecular weight excluding hydrogens is 416 g/mol. The quantitative estimate of drug-likeness (QED) is 0.691. The van der Waals surface area contributed by atoms with Gasteiger partial charge in [-0.15, -0.1) is 0 Å². The maximum absolute atomic E-state index is 12.2. The number of amides is 3. The van der Waals surface area contributed by atoms with Crippen LogP contribution in [0.4, 0.5) is 0 Å². The Morgan fingerprint density at radius 2 is 2.11 bits per heavy atom. The second kappa shape index (κ2) is 8.26. The van der Waals surface area contributed by atoms with Gasteiger partial charge in [0.05, 0.1) is 5.71 Å². The standard InChI is InChI=1S/C18H17BrN4O4/c1-23(18(26)13-7-8-14(19)27-13)10-4-9-20-17(25)15-21-12-6-3-2-5-11(12)16(24)22-15/h2-3,5-8,11H,4,9-10H2,1H3,(H,20,25). The summed E-state index contributed by atoms with van der Waals surface area (Å²) in [7, 11) is 1.65. The van der Waals surface area contributed by atoms with Crippen molar-refractivity contribution in [3.8, 4) is 0 Å². The molecule has 1 aliphatic heterocycles. The highest BCUT2D eigenvalue weighted by molar-refractivity contribution is 9.10. The lowest BCUT2D eigenvalue weighted by Crippen LogP contribution is -2.37. The number of hydrogen-bond donors (Lipinski definition) is 1. The third kappa shape index (κ3) is 4.48. The van der Waals surface area contributed by atoms with Crippen molar-refractivity contribution < 1.29 is 18.8 Å². The number of hydrogen-bond acceptors (Lipinski definition) is 5. The number of rotatable bonds is 6. The van der Waals surface area contributed by atoms with Crippen LogP contribution in [-0.4, -0.2) is 54.3 Å².